The first-order valence-electron chi connectivity index (χ1n) is 5.31. The van der Waals surface area contributed by atoms with E-state index in [1.54, 1.807) is 0 Å². The lowest BCUT2D eigenvalue weighted by Gasteiger charge is -2.29. The summed E-state index contributed by atoms with van der Waals surface area (Å²) in [5.74, 6) is 0. The van der Waals surface area contributed by atoms with Crippen LogP contribution in [0.1, 0.15) is 34.1 Å². The molecule has 0 spiro atoms. The van der Waals surface area contributed by atoms with E-state index >= 15 is 0 Å². The second-order valence-corrected chi connectivity index (χ2v) is 5.25. The van der Waals surface area contributed by atoms with Crippen molar-refractivity contribution in [1.82, 2.24) is 5.32 Å². The highest BCUT2D eigenvalue weighted by molar-refractivity contribution is 4.77. The van der Waals surface area contributed by atoms with Crippen LogP contribution in [0.15, 0.2) is 0 Å². The number of aliphatic hydroxyl groups excluding tert-OH is 2. The summed E-state index contributed by atoms with van der Waals surface area (Å²) in [6.07, 6.45) is 1.12. The number of rotatable bonds is 7. The topological polar surface area (TPSA) is 52.5 Å². The average molecular weight is 203 g/mol. The van der Waals surface area contributed by atoms with Crippen molar-refractivity contribution in [3.05, 3.63) is 0 Å². The van der Waals surface area contributed by atoms with E-state index in [2.05, 4.69) is 26.1 Å². The smallest absolute Gasteiger partial charge is 0.0518 e. The van der Waals surface area contributed by atoms with Crippen LogP contribution in [0.4, 0.5) is 0 Å². The van der Waals surface area contributed by atoms with E-state index in [0.29, 0.717) is 6.54 Å². The van der Waals surface area contributed by atoms with Gasteiger partial charge in [-0.1, -0.05) is 27.7 Å². The van der Waals surface area contributed by atoms with E-state index in [4.69, 9.17) is 10.2 Å². The molecule has 3 heteroatoms. The molecule has 0 aromatic carbocycles. The van der Waals surface area contributed by atoms with Crippen LogP contribution in [-0.4, -0.2) is 36.5 Å². The fraction of sp³-hybridized carbons (Fsp3) is 1.00. The molecule has 0 aromatic rings. The normalized spacial score (nSPS) is 13.3. The SMILES string of the molecule is CCC(C)(C)CNCC(C)(CO)CO. The van der Waals surface area contributed by atoms with Gasteiger partial charge in [0, 0.05) is 18.5 Å². The number of nitrogens with one attached hydrogen (secondary N) is 1. The third-order valence-electron chi connectivity index (χ3n) is 2.88. The van der Waals surface area contributed by atoms with Gasteiger partial charge in [-0.2, -0.15) is 0 Å². The van der Waals surface area contributed by atoms with E-state index in [0.717, 1.165) is 13.0 Å². The molecule has 0 rings (SSSR count). The summed E-state index contributed by atoms with van der Waals surface area (Å²) in [4.78, 5) is 0. The molecule has 0 bridgehead atoms. The molecule has 0 unspecified atom stereocenters. The van der Waals surface area contributed by atoms with Crippen LogP contribution >= 0.6 is 0 Å². The van der Waals surface area contributed by atoms with Crippen LogP contribution in [0, 0.1) is 10.8 Å². The van der Waals surface area contributed by atoms with Crippen molar-refractivity contribution in [2.45, 2.75) is 34.1 Å². The molecule has 0 aliphatic rings. The maximum atomic E-state index is 9.07. The minimum atomic E-state index is -0.399. The van der Waals surface area contributed by atoms with Gasteiger partial charge >= 0.3 is 0 Å². The summed E-state index contributed by atoms with van der Waals surface area (Å²) in [6, 6.07) is 0. The number of hydrogen-bond donors (Lipinski definition) is 3. The summed E-state index contributed by atoms with van der Waals surface area (Å²) in [5.41, 5.74) is -0.115. The molecule has 86 valence electrons. The zero-order chi connectivity index (χ0) is 11.2. The van der Waals surface area contributed by atoms with Crippen LogP contribution in [0.25, 0.3) is 0 Å². The number of aliphatic hydroxyl groups is 2. The molecule has 3 N–H and O–H groups in total. The third-order valence-corrected chi connectivity index (χ3v) is 2.88. The van der Waals surface area contributed by atoms with Gasteiger partial charge in [-0.15, -0.1) is 0 Å². The molecule has 0 saturated carbocycles. The summed E-state index contributed by atoms with van der Waals surface area (Å²) >= 11 is 0. The highest BCUT2D eigenvalue weighted by Gasteiger charge is 2.23. The molecular weight excluding hydrogens is 178 g/mol. The van der Waals surface area contributed by atoms with Crippen molar-refractivity contribution in [3.63, 3.8) is 0 Å². The number of hydrogen-bond acceptors (Lipinski definition) is 3. The molecule has 0 heterocycles. The molecule has 0 aliphatic carbocycles. The van der Waals surface area contributed by atoms with E-state index in [9.17, 15) is 0 Å². The summed E-state index contributed by atoms with van der Waals surface area (Å²) < 4.78 is 0. The molecule has 0 aromatic heterocycles. The maximum Gasteiger partial charge on any atom is 0.0518 e. The van der Waals surface area contributed by atoms with E-state index < -0.39 is 5.41 Å². The zero-order valence-corrected chi connectivity index (χ0v) is 9.93. The Kier molecular flexibility index (Phi) is 5.64. The monoisotopic (exact) mass is 203 g/mol. The first-order chi connectivity index (χ1) is 6.39. The summed E-state index contributed by atoms with van der Waals surface area (Å²) in [5, 5.41) is 21.4. The van der Waals surface area contributed by atoms with Gasteiger partial charge in [-0.3, -0.25) is 0 Å². The van der Waals surface area contributed by atoms with Crippen molar-refractivity contribution in [2.24, 2.45) is 10.8 Å². The van der Waals surface area contributed by atoms with Gasteiger partial charge in [0.25, 0.3) is 0 Å². The Morgan fingerprint density at radius 1 is 1.00 bits per heavy atom. The van der Waals surface area contributed by atoms with Gasteiger partial charge in [0.1, 0.15) is 0 Å². The van der Waals surface area contributed by atoms with E-state index in [1.165, 1.54) is 0 Å². The van der Waals surface area contributed by atoms with Crippen molar-refractivity contribution >= 4 is 0 Å². The molecule has 0 aliphatic heterocycles. The van der Waals surface area contributed by atoms with Crippen LogP contribution in [0.2, 0.25) is 0 Å². The Labute approximate surface area is 87.5 Å². The Balaban J connectivity index is 3.83. The largest absolute Gasteiger partial charge is 0.396 e. The highest BCUT2D eigenvalue weighted by atomic mass is 16.3. The Hall–Kier alpha value is -0.120. The fourth-order valence-electron chi connectivity index (χ4n) is 0.989. The summed E-state index contributed by atoms with van der Waals surface area (Å²) in [7, 11) is 0. The maximum absolute atomic E-state index is 9.07. The zero-order valence-electron chi connectivity index (χ0n) is 9.93. The molecule has 0 amide bonds. The molecule has 0 fully saturated rings. The first kappa shape index (κ1) is 13.9. The van der Waals surface area contributed by atoms with Gasteiger partial charge in [-0.25, -0.2) is 0 Å². The van der Waals surface area contributed by atoms with Crippen LogP contribution in [0.3, 0.4) is 0 Å². The highest BCUT2D eigenvalue weighted by Crippen LogP contribution is 2.19. The van der Waals surface area contributed by atoms with Crippen LogP contribution in [0.5, 0.6) is 0 Å². The standard InChI is InChI=1S/C11H25NO2/c1-5-10(2,3)6-12-7-11(4,8-13)9-14/h12-14H,5-9H2,1-4H3. The molecule has 0 atom stereocenters. The molecular formula is C11H25NO2. The van der Waals surface area contributed by atoms with Crippen molar-refractivity contribution < 1.29 is 10.2 Å². The second kappa shape index (κ2) is 5.69. The molecule has 3 nitrogen and oxygen atoms in total. The lowest BCUT2D eigenvalue weighted by Crippen LogP contribution is -2.41. The average Bonchev–Trinajstić information content (AvgIpc) is 2.17. The Bertz CT molecular complexity index is 153. The first-order valence-corrected chi connectivity index (χ1v) is 5.31. The predicted octanol–water partition coefficient (Wildman–Crippen LogP) is 1.00. The molecule has 14 heavy (non-hydrogen) atoms. The Morgan fingerprint density at radius 2 is 1.50 bits per heavy atom. The lowest BCUT2D eigenvalue weighted by atomic mass is 9.88. The van der Waals surface area contributed by atoms with Gasteiger partial charge in [0.15, 0.2) is 0 Å². The van der Waals surface area contributed by atoms with Crippen LogP contribution in [-0.2, 0) is 0 Å². The lowest BCUT2D eigenvalue weighted by molar-refractivity contribution is 0.0674. The van der Waals surface area contributed by atoms with Gasteiger partial charge in [0.2, 0.25) is 0 Å². The predicted molar refractivity (Wildman–Crippen MR) is 59.2 cm³/mol. The van der Waals surface area contributed by atoms with Gasteiger partial charge in [0.05, 0.1) is 13.2 Å². The summed E-state index contributed by atoms with van der Waals surface area (Å²) in [6.45, 7) is 10.1. The van der Waals surface area contributed by atoms with Crippen molar-refractivity contribution in [3.8, 4) is 0 Å². The third kappa shape index (κ3) is 4.94. The minimum Gasteiger partial charge on any atom is -0.396 e. The second-order valence-electron chi connectivity index (χ2n) is 5.25. The van der Waals surface area contributed by atoms with Crippen molar-refractivity contribution in [2.75, 3.05) is 26.3 Å². The van der Waals surface area contributed by atoms with Gasteiger partial charge < -0.3 is 15.5 Å². The molecule has 0 radical (unpaired) electrons. The Morgan fingerprint density at radius 3 is 1.86 bits per heavy atom. The van der Waals surface area contributed by atoms with E-state index in [-0.39, 0.29) is 18.6 Å². The molecule has 0 saturated heterocycles. The van der Waals surface area contributed by atoms with Gasteiger partial charge in [-0.05, 0) is 11.8 Å². The fourth-order valence-corrected chi connectivity index (χ4v) is 0.989. The minimum absolute atomic E-state index is 0.0169. The van der Waals surface area contributed by atoms with Crippen LogP contribution < -0.4 is 5.32 Å². The quantitative estimate of drug-likeness (QED) is 0.578. The van der Waals surface area contributed by atoms with Crippen molar-refractivity contribution in [1.29, 1.82) is 0 Å². The van der Waals surface area contributed by atoms with E-state index in [1.807, 2.05) is 6.92 Å².